The monoisotopic (exact) mass is 375 g/mol. The highest BCUT2D eigenvalue weighted by Gasteiger charge is 2.20. The Bertz CT molecular complexity index is 623. The summed E-state index contributed by atoms with van der Waals surface area (Å²) in [6.45, 7) is 12.1. The third-order valence-electron chi connectivity index (χ3n) is 4.48. The van der Waals surface area contributed by atoms with Gasteiger partial charge in [0.15, 0.2) is 0 Å². The van der Waals surface area contributed by atoms with Crippen molar-refractivity contribution in [3.05, 3.63) is 35.4 Å². The van der Waals surface area contributed by atoms with E-state index in [1.165, 1.54) is 11.1 Å². The molecule has 0 saturated carbocycles. The number of hydrogen-bond acceptors (Lipinski definition) is 4. The quantitative estimate of drug-likeness (QED) is 0.860. The maximum absolute atomic E-state index is 12.4. The molecule has 1 aliphatic rings. The van der Waals surface area contributed by atoms with Crippen LogP contribution in [0.2, 0.25) is 0 Å². The molecule has 0 unspecified atom stereocenters. The van der Waals surface area contributed by atoms with Crippen molar-refractivity contribution in [3.63, 3.8) is 0 Å². The van der Waals surface area contributed by atoms with E-state index in [1.807, 2.05) is 25.7 Å². The summed E-state index contributed by atoms with van der Waals surface area (Å²) in [5, 5.41) is 2.65. The smallest absolute Gasteiger partial charge is 0.407 e. The molecule has 1 heterocycles. The van der Waals surface area contributed by atoms with Gasteiger partial charge in [-0.25, -0.2) is 4.79 Å². The van der Waals surface area contributed by atoms with Gasteiger partial charge in [0.2, 0.25) is 5.91 Å². The number of ether oxygens (including phenoxy) is 1. The first-order chi connectivity index (χ1) is 12.7. The molecule has 2 rings (SSSR count). The molecule has 0 aliphatic carbocycles. The second-order valence-electron chi connectivity index (χ2n) is 8.17. The number of carbonyl (C=O) groups is 2. The Balaban J connectivity index is 1.72. The van der Waals surface area contributed by atoms with Gasteiger partial charge in [-0.2, -0.15) is 0 Å². The lowest BCUT2D eigenvalue weighted by atomic mass is 10.1. The van der Waals surface area contributed by atoms with Gasteiger partial charge >= 0.3 is 6.09 Å². The van der Waals surface area contributed by atoms with E-state index in [1.54, 1.807) is 0 Å². The summed E-state index contributed by atoms with van der Waals surface area (Å²) in [7, 11) is 0. The zero-order valence-corrected chi connectivity index (χ0v) is 17.1. The van der Waals surface area contributed by atoms with Gasteiger partial charge in [-0.1, -0.05) is 29.8 Å². The van der Waals surface area contributed by atoms with Crippen LogP contribution >= 0.6 is 0 Å². The molecule has 0 spiro atoms. The molecule has 1 N–H and O–H groups in total. The zero-order chi connectivity index (χ0) is 19.9. The summed E-state index contributed by atoms with van der Waals surface area (Å²) >= 11 is 0. The van der Waals surface area contributed by atoms with E-state index >= 15 is 0 Å². The number of aryl methyl sites for hydroxylation is 1. The largest absolute Gasteiger partial charge is 0.444 e. The van der Waals surface area contributed by atoms with E-state index in [0.717, 1.165) is 39.1 Å². The second-order valence-corrected chi connectivity index (χ2v) is 8.17. The van der Waals surface area contributed by atoms with Crippen molar-refractivity contribution in [1.29, 1.82) is 0 Å². The molecule has 6 heteroatoms. The van der Waals surface area contributed by atoms with Gasteiger partial charge in [0.25, 0.3) is 0 Å². The average Bonchev–Trinajstić information content (AvgIpc) is 2.81. The highest BCUT2D eigenvalue weighted by Crippen LogP contribution is 2.11. The minimum Gasteiger partial charge on any atom is -0.444 e. The van der Waals surface area contributed by atoms with Gasteiger partial charge in [-0.05, 0) is 39.7 Å². The minimum atomic E-state index is -0.528. The van der Waals surface area contributed by atoms with E-state index in [-0.39, 0.29) is 5.91 Å². The van der Waals surface area contributed by atoms with Gasteiger partial charge in [-0.15, -0.1) is 0 Å². The number of hydrogen-bond donors (Lipinski definition) is 1. The van der Waals surface area contributed by atoms with Crippen LogP contribution in [0.5, 0.6) is 0 Å². The van der Waals surface area contributed by atoms with Crippen LogP contribution in [0.4, 0.5) is 4.79 Å². The van der Waals surface area contributed by atoms with Gasteiger partial charge < -0.3 is 15.0 Å². The fourth-order valence-corrected chi connectivity index (χ4v) is 3.07. The molecular formula is C21H33N3O3. The summed E-state index contributed by atoms with van der Waals surface area (Å²) in [6.07, 6.45) is 0.796. The van der Waals surface area contributed by atoms with E-state index in [2.05, 4.69) is 41.4 Å². The van der Waals surface area contributed by atoms with E-state index in [9.17, 15) is 9.59 Å². The number of nitrogens with zero attached hydrogens (tertiary/aromatic N) is 2. The van der Waals surface area contributed by atoms with Crippen LogP contribution in [-0.2, 0) is 16.1 Å². The average molecular weight is 376 g/mol. The number of benzene rings is 1. The Labute approximate surface area is 162 Å². The third kappa shape index (κ3) is 7.99. The Morgan fingerprint density at radius 2 is 1.78 bits per heavy atom. The minimum absolute atomic E-state index is 0.0863. The number of alkyl carbamates (subject to hydrolysis) is 1. The predicted octanol–water partition coefficient (Wildman–Crippen LogP) is 2.94. The van der Waals surface area contributed by atoms with Crippen molar-refractivity contribution >= 4 is 12.0 Å². The van der Waals surface area contributed by atoms with E-state index in [0.29, 0.717) is 13.0 Å². The summed E-state index contributed by atoms with van der Waals surface area (Å²) in [5.74, 6) is 0.0863. The fourth-order valence-electron chi connectivity index (χ4n) is 3.07. The summed E-state index contributed by atoms with van der Waals surface area (Å²) in [5.41, 5.74) is 2.05. The third-order valence-corrected chi connectivity index (χ3v) is 4.48. The normalized spacial score (nSPS) is 15.9. The molecule has 0 aromatic heterocycles. The van der Waals surface area contributed by atoms with Crippen LogP contribution in [0.3, 0.4) is 0 Å². The number of nitrogens with one attached hydrogen (secondary N) is 1. The molecule has 1 aliphatic heterocycles. The molecule has 1 aromatic rings. The lowest BCUT2D eigenvalue weighted by Gasteiger charge is -2.23. The predicted molar refractivity (Wildman–Crippen MR) is 107 cm³/mol. The molecule has 2 amide bonds. The van der Waals surface area contributed by atoms with Crippen molar-refractivity contribution in [2.24, 2.45) is 0 Å². The SMILES string of the molecule is Cc1ccc(CN2CCCN(C(=O)CCNC(=O)OC(C)(C)C)CC2)cc1. The van der Waals surface area contributed by atoms with Crippen LogP contribution in [0, 0.1) is 6.92 Å². The molecule has 1 fully saturated rings. The zero-order valence-electron chi connectivity index (χ0n) is 17.1. The maximum Gasteiger partial charge on any atom is 0.407 e. The number of carbonyl (C=O) groups excluding carboxylic acids is 2. The first kappa shape index (κ1) is 21.2. The maximum atomic E-state index is 12.4. The van der Waals surface area contributed by atoms with Crippen LogP contribution in [-0.4, -0.2) is 60.1 Å². The molecule has 0 bridgehead atoms. The van der Waals surface area contributed by atoms with E-state index < -0.39 is 11.7 Å². The Morgan fingerprint density at radius 3 is 2.44 bits per heavy atom. The first-order valence-electron chi connectivity index (χ1n) is 9.75. The summed E-state index contributed by atoms with van der Waals surface area (Å²) in [4.78, 5) is 28.4. The van der Waals surface area contributed by atoms with Crippen LogP contribution in [0.25, 0.3) is 0 Å². The summed E-state index contributed by atoms with van der Waals surface area (Å²) in [6, 6.07) is 8.62. The molecule has 0 radical (unpaired) electrons. The molecule has 150 valence electrons. The number of rotatable bonds is 5. The van der Waals surface area contributed by atoms with Crippen molar-refractivity contribution in [3.8, 4) is 0 Å². The van der Waals surface area contributed by atoms with Gasteiger partial charge in [0.1, 0.15) is 5.60 Å². The van der Waals surface area contributed by atoms with Crippen LogP contribution < -0.4 is 5.32 Å². The van der Waals surface area contributed by atoms with Crippen molar-refractivity contribution in [2.45, 2.75) is 52.7 Å². The fraction of sp³-hybridized carbons (Fsp3) is 0.619. The summed E-state index contributed by atoms with van der Waals surface area (Å²) < 4.78 is 5.18. The van der Waals surface area contributed by atoms with Crippen LogP contribution in [0.1, 0.15) is 44.7 Å². The highest BCUT2D eigenvalue weighted by molar-refractivity contribution is 5.77. The second kappa shape index (κ2) is 9.74. The highest BCUT2D eigenvalue weighted by atomic mass is 16.6. The van der Waals surface area contributed by atoms with E-state index in [4.69, 9.17) is 4.74 Å². The molecule has 27 heavy (non-hydrogen) atoms. The van der Waals surface area contributed by atoms with Crippen molar-refractivity contribution in [2.75, 3.05) is 32.7 Å². The molecule has 0 atom stereocenters. The molecule has 1 aromatic carbocycles. The van der Waals surface area contributed by atoms with Crippen LogP contribution in [0.15, 0.2) is 24.3 Å². The number of amides is 2. The lowest BCUT2D eigenvalue weighted by Crippen LogP contribution is -2.38. The topological polar surface area (TPSA) is 61.9 Å². The van der Waals surface area contributed by atoms with Crippen molar-refractivity contribution < 1.29 is 14.3 Å². The van der Waals surface area contributed by atoms with Gasteiger partial charge in [0.05, 0.1) is 0 Å². The molecular weight excluding hydrogens is 342 g/mol. The lowest BCUT2D eigenvalue weighted by molar-refractivity contribution is -0.130. The Hall–Kier alpha value is -2.08. The molecule has 6 nitrogen and oxygen atoms in total. The van der Waals surface area contributed by atoms with Gasteiger partial charge in [0, 0.05) is 45.7 Å². The van der Waals surface area contributed by atoms with Crippen molar-refractivity contribution in [1.82, 2.24) is 15.1 Å². The standard InChI is InChI=1S/C21H33N3O3/c1-17-6-8-18(9-7-17)16-23-12-5-13-24(15-14-23)19(25)10-11-22-20(26)27-21(2,3)4/h6-9H,5,10-16H2,1-4H3,(H,22,26). The molecule has 1 saturated heterocycles. The first-order valence-corrected chi connectivity index (χ1v) is 9.75. The van der Waals surface area contributed by atoms with Gasteiger partial charge in [-0.3, -0.25) is 9.69 Å². The Kier molecular flexibility index (Phi) is 7.66. The Morgan fingerprint density at radius 1 is 1.07 bits per heavy atom.